The van der Waals surface area contributed by atoms with E-state index in [0.29, 0.717) is 5.75 Å². The fraction of sp³-hybridized carbons (Fsp3) is 0.200. The molecule has 3 aromatic rings. The number of carbonyl (C=O) groups excluding carboxylic acids is 1. The summed E-state index contributed by atoms with van der Waals surface area (Å²) >= 11 is 1.50. The number of ether oxygens (including phenoxy) is 1. The highest BCUT2D eigenvalue weighted by Crippen LogP contribution is 2.19. The number of benzene rings is 2. The number of nitrogens with one attached hydrogen (secondary N) is 1. The number of hydrogen-bond acceptors (Lipinski definition) is 4. The van der Waals surface area contributed by atoms with E-state index in [9.17, 15) is 4.79 Å². The predicted octanol–water partition coefficient (Wildman–Crippen LogP) is 3.56. The van der Waals surface area contributed by atoms with Crippen LogP contribution in [-0.4, -0.2) is 17.1 Å². The number of rotatable bonds is 6. The van der Waals surface area contributed by atoms with E-state index < -0.39 is 0 Å². The van der Waals surface area contributed by atoms with Crippen LogP contribution in [0.4, 0.5) is 0 Å². The Hall–Kier alpha value is -2.86. The first-order valence-corrected chi connectivity index (χ1v) is 9.31. The van der Waals surface area contributed by atoms with Crippen molar-refractivity contribution in [1.29, 1.82) is 0 Å². The summed E-state index contributed by atoms with van der Waals surface area (Å²) in [6, 6.07) is 17.7. The van der Waals surface area contributed by atoms with Gasteiger partial charge in [-0.1, -0.05) is 48.5 Å². The number of aromatic nitrogens is 1. The summed E-state index contributed by atoms with van der Waals surface area (Å²) in [7, 11) is 0. The molecule has 0 aliphatic heterocycles. The summed E-state index contributed by atoms with van der Waals surface area (Å²) in [5.74, 6) is 0.416. The van der Waals surface area contributed by atoms with E-state index in [2.05, 4.69) is 34.2 Å². The molecular weight excluding hydrogens is 346 g/mol. The van der Waals surface area contributed by atoms with E-state index in [4.69, 9.17) is 4.74 Å². The molecular formula is C20H21N3O2S. The van der Waals surface area contributed by atoms with Gasteiger partial charge < -0.3 is 9.30 Å². The summed E-state index contributed by atoms with van der Waals surface area (Å²) < 4.78 is 7.61. The monoisotopic (exact) mass is 367 g/mol. The van der Waals surface area contributed by atoms with Gasteiger partial charge in [0.15, 0.2) is 6.61 Å². The van der Waals surface area contributed by atoms with Crippen LogP contribution >= 0.6 is 11.3 Å². The molecule has 5 nitrogen and oxygen atoms in total. The number of carbonyl (C=O) groups is 1. The highest BCUT2D eigenvalue weighted by molar-refractivity contribution is 7.07. The zero-order valence-electron chi connectivity index (χ0n) is 14.8. The Morgan fingerprint density at radius 3 is 2.62 bits per heavy atom. The smallest absolute Gasteiger partial charge is 0.278 e. The van der Waals surface area contributed by atoms with E-state index in [1.54, 1.807) is 0 Å². The maximum Gasteiger partial charge on any atom is 0.278 e. The van der Waals surface area contributed by atoms with Gasteiger partial charge in [-0.05, 0) is 31.0 Å². The Morgan fingerprint density at radius 2 is 1.88 bits per heavy atom. The molecule has 0 unspecified atom stereocenters. The second-order valence-corrected chi connectivity index (χ2v) is 6.55. The Kier molecular flexibility index (Phi) is 5.86. The normalized spacial score (nSPS) is 11.4. The van der Waals surface area contributed by atoms with Crippen molar-refractivity contribution < 1.29 is 9.53 Å². The number of hydrogen-bond donors (Lipinski definition) is 1. The van der Waals surface area contributed by atoms with Gasteiger partial charge in [-0.15, -0.1) is 16.4 Å². The molecule has 0 aliphatic rings. The van der Waals surface area contributed by atoms with Crippen LogP contribution in [0.3, 0.4) is 0 Å². The summed E-state index contributed by atoms with van der Waals surface area (Å²) in [6.07, 6.45) is 0. The molecule has 6 heteroatoms. The maximum atomic E-state index is 12.0. The second kappa shape index (κ2) is 8.49. The molecule has 134 valence electrons. The average Bonchev–Trinajstić information content (AvgIpc) is 3.09. The minimum absolute atomic E-state index is 0.0720. The fourth-order valence-corrected chi connectivity index (χ4v) is 3.50. The van der Waals surface area contributed by atoms with Crippen molar-refractivity contribution in [2.75, 3.05) is 6.61 Å². The van der Waals surface area contributed by atoms with Crippen LogP contribution in [0.5, 0.6) is 5.75 Å². The lowest BCUT2D eigenvalue weighted by Crippen LogP contribution is -2.28. The van der Waals surface area contributed by atoms with Gasteiger partial charge in [0.05, 0.1) is 5.69 Å². The lowest BCUT2D eigenvalue weighted by atomic mass is 10.2. The Bertz CT molecular complexity index is 945. The van der Waals surface area contributed by atoms with Crippen LogP contribution in [0.1, 0.15) is 12.5 Å². The van der Waals surface area contributed by atoms with Gasteiger partial charge in [-0.25, -0.2) is 5.43 Å². The molecule has 0 fully saturated rings. The molecule has 26 heavy (non-hydrogen) atoms. The molecule has 0 spiro atoms. The van der Waals surface area contributed by atoms with Crippen molar-refractivity contribution in [2.24, 2.45) is 5.10 Å². The standard InChI is InChI=1S/C20H21N3O2S/c1-3-23-17(16-10-5-4-6-11-16)14-26-20(23)22-21-19(24)13-25-18-12-8-7-9-15(18)2/h4-12,14H,3,13H2,1-2H3,(H,21,24)/b22-20+. The predicted molar refractivity (Wildman–Crippen MR) is 104 cm³/mol. The summed E-state index contributed by atoms with van der Waals surface area (Å²) in [5, 5.41) is 6.31. The van der Waals surface area contributed by atoms with E-state index in [1.165, 1.54) is 11.3 Å². The van der Waals surface area contributed by atoms with Crippen molar-refractivity contribution in [3.8, 4) is 17.0 Å². The molecule has 0 aliphatic carbocycles. The molecule has 0 saturated heterocycles. The van der Waals surface area contributed by atoms with Gasteiger partial charge in [-0.2, -0.15) is 0 Å². The molecule has 0 saturated carbocycles. The van der Waals surface area contributed by atoms with Crippen molar-refractivity contribution >= 4 is 17.2 Å². The van der Waals surface area contributed by atoms with Gasteiger partial charge in [0.1, 0.15) is 5.75 Å². The van der Waals surface area contributed by atoms with E-state index in [0.717, 1.165) is 28.2 Å². The Morgan fingerprint density at radius 1 is 1.15 bits per heavy atom. The summed E-state index contributed by atoms with van der Waals surface area (Å²) in [6.45, 7) is 4.69. The average molecular weight is 367 g/mol. The number of nitrogens with zero attached hydrogens (tertiary/aromatic N) is 2. The lowest BCUT2D eigenvalue weighted by Gasteiger charge is -2.08. The van der Waals surface area contributed by atoms with E-state index >= 15 is 0 Å². The minimum Gasteiger partial charge on any atom is -0.483 e. The van der Waals surface area contributed by atoms with Crippen LogP contribution in [0.15, 0.2) is 65.1 Å². The van der Waals surface area contributed by atoms with Crippen molar-refractivity contribution in [2.45, 2.75) is 20.4 Å². The molecule has 2 aromatic carbocycles. The van der Waals surface area contributed by atoms with Crippen LogP contribution in [0, 0.1) is 6.92 Å². The third kappa shape index (κ3) is 4.21. The Balaban J connectivity index is 1.69. The van der Waals surface area contributed by atoms with Crippen LogP contribution in [-0.2, 0) is 11.3 Å². The Labute approximate surface area is 156 Å². The molecule has 1 amide bonds. The largest absolute Gasteiger partial charge is 0.483 e. The highest BCUT2D eigenvalue weighted by Gasteiger charge is 2.07. The van der Waals surface area contributed by atoms with Crippen molar-refractivity contribution in [1.82, 2.24) is 9.99 Å². The van der Waals surface area contributed by atoms with Gasteiger partial charge in [-0.3, -0.25) is 4.79 Å². The van der Waals surface area contributed by atoms with Crippen LogP contribution in [0.25, 0.3) is 11.3 Å². The maximum absolute atomic E-state index is 12.0. The van der Waals surface area contributed by atoms with Crippen molar-refractivity contribution in [3.05, 3.63) is 70.3 Å². The zero-order valence-corrected chi connectivity index (χ0v) is 15.6. The molecule has 1 N–H and O–H groups in total. The molecule has 3 rings (SSSR count). The lowest BCUT2D eigenvalue weighted by molar-refractivity contribution is -0.123. The van der Waals surface area contributed by atoms with Gasteiger partial charge in [0, 0.05) is 11.9 Å². The topological polar surface area (TPSA) is 55.6 Å². The van der Waals surface area contributed by atoms with Crippen molar-refractivity contribution in [3.63, 3.8) is 0 Å². The number of amides is 1. The second-order valence-electron chi connectivity index (χ2n) is 5.71. The summed E-state index contributed by atoms with van der Waals surface area (Å²) in [4.78, 5) is 12.8. The minimum atomic E-state index is -0.287. The first-order chi connectivity index (χ1) is 12.7. The quantitative estimate of drug-likeness (QED) is 0.678. The van der Waals surface area contributed by atoms with E-state index in [-0.39, 0.29) is 12.5 Å². The van der Waals surface area contributed by atoms with E-state index in [1.807, 2.05) is 54.8 Å². The molecule has 1 heterocycles. The first kappa shape index (κ1) is 17.9. The molecule has 0 bridgehead atoms. The summed E-state index contributed by atoms with van der Waals surface area (Å²) in [5.41, 5.74) is 5.78. The molecule has 0 atom stereocenters. The van der Waals surface area contributed by atoms with Gasteiger partial charge >= 0.3 is 0 Å². The number of para-hydroxylation sites is 1. The third-order valence-electron chi connectivity index (χ3n) is 3.91. The molecule has 1 aromatic heterocycles. The third-order valence-corrected chi connectivity index (χ3v) is 4.78. The molecule has 0 radical (unpaired) electrons. The highest BCUT2D eigenvalue weighted by atomic mass is 32.1. The SMILES string of the molecule is CCn1c(-c2ccccc2)cs/c1=N/NC(=O)COc1ccccc1C. The van der Waals surface area contributed by atoms with Crippen LogP contribution < -0.4 is 15.0 Å². The number of aryl methyl sites for hydroxylation is 1. The van der Waals surface area contributed by atoms with Crippen LogP contribution in [0.2, 0.25) is 0 Å². The zero-order chi connectivity index (χ0) is 18.4. The fourth-order valence-electron chi connectivity index (χ4n) is 2.57. The number of thiazole rings is 1. The first-order valence-electron chi connectivity index (χ1n) is 8.43. The van der Waals surface area contributed by atoms with Gasteiger partial charge in [0.2, 0.25) is 4.80 Å². The van der Waals surface area contributed by atoms with Gasteiger partial charge in [0.25, 0.3) is 5.91 Å².